The Morgan fingerprint density at radius 2 is 1.48 bits per heavy atom. The number of nitrogens with zero attached hydrogens (tertiary/aromatic N) is 1. The predicted molar refractivity (Wildman–Crippen MR) is 167 cm³/mol. The second kappa shape index (κ2) is 13.9. The highest BCUT2D eigenvalue weighted by Gasteiger charge is 2.50. The second-order valence-corrected chi connectivity index (χ2v) is 13.9. The summed E-state index contributed by atoms with van der Waals surface area (Å²) < 4.78 is 67.3. The molecule has 3 N–H and O–H groups in total. The number of ether oxygens (including phenoxy) is 1. The molecule has 1 heterocycles. The topological polar surface area (TPSA) is 102 Å². The average Bonchev–Trinajstić information content (AvgIpc) is 3.04. The molecule has 44 heavy (non-hydrogen) atoms. The van der Waals surface area contributed by atoms with E-state index in [0.29, 0.717) is 41.7 Å². The van der Waals surface area contributed by atoms with Gasteiger partial charge in [-0.1, -0.05) is 67.3 Å². The standard InChI is InChI=1S/C33H38ClF2N3O4S/c34-27-12-8-25(9-13-27)24-6-10-26(11-7-24)33(35,36)31(32(40)39-20-18-28(37)19-21-39)38-44(41,42)30-16-14-29(15-17-30)43-22-23-4-2-1-3-5-23/h6-17,23,28,31,38H,1-5,18-22,37H2. The van der Waals surface area contributed by atoms with E-state index >= 15 is 8.78 Å². The number of hydrogen-bond acceptors (Lipinski definition) is 5. The van der Waals surface area contributed by atoms with Gasteiger partial charge in [-0.25, -0.2) is 8.42 Å². The lowest BCUT2D eigenvalue weighted by Gasteiger charge is -2.35. The minimum absolute atomic E-state index is 0.144. The summed E-state index contributed by atoms with van der Waals surface area (Å²) in [6.45, 7) is 0.872. The molecule has 1 amide bonds. The Morgan fingerprint density at radius 3 is 2.07 bits per heavy atom. The van der Waals surface area contributed by atoms with Crippen LogP contribution in [0, 0.1) is 5.92 Å². The van der Waals surface area contributed by atoms with Gasteiger partial charge in [-0.2, -0.15) is 13.5 Å². The van der Waals surface area contributed by atoms with Crippen LogP contribution in [0.5, 0.6) is 5.75 Å². The lowest BCUT2D eigenvalue weighted by molar-refractivity contribution is -0.145. The van der Waals surface area contributed by atoms with E-state index in [0.717, 1.165) is 18.4 Å². The summed E-state index contributed by atoms with van der Waals surface area (Å²) in [6.07, 6.45) is 6.68. The van der Waals surface area contributed by atoms with E-state index in [1.807, 2.05) is 0 Å². The van der Waals surface area contributed by atoms with Gasteiger partial charge < -0.3 is 15.4 Å². The van der Waals surface area contributed by atoms with Gasteiger partial charge in [0, 0.05) is 29.7 Å². The van der Waals surface area contributed by atoms with E-state index in [9.17, 15) is 13.2 Å². The Labute approximate surface area is 262 Å². The monoisotopic (exact) mass is 645 g/mol. The van der Waals surface area contributed by atoms with Crippen molar-refractivity contribution in [2.45, 2.75) is 67.8 Å². The minimum atomic E-state index is -4.52. The summed E-state index contributed by atoms with van der Waals surface area (Å²) in [5, 5.41) is 0.547. The maximum atomic E-state index is 16.2. The quantitative estimate of drug-likeness (QED) is 0.267. The maximum absolute atomic E-state index is 16.2. The number of likely N-dealkylation sites (tertiary alicyclic amines) is 1. The van der Waals surface area contributed by atoms with Crippen molar-refractivity contribution in [1.29, 1.82) is 0 Å². The van der Waals surface area contributed by atoms with Gasteiger partial charge in [0.2, 0.25) is 15.9 Å². The summed E-state index contributed by atoms with van der Waals surface area (Å²) in [5.41, 5.74) is 6.91. The smallest absolute Gasteiger partial charge is 0.298 e. The van der Waals surface area contributed by atoms with Crippen molar-refractivity contribution in [2.75, 3.05) is 19.7 Å². The zero-order valence-corrected chi connectivity index (χ0v) is 26.0. The maximum Gasteiger partial charge on any atom is 0.298 e. The fourth-order valence-corrected chi connectivity index (χ4v) is 7.10. The highest BCUT2D eigenvalue weighted by atomic mass is 35.5. The van der Waals surface area contributed by atoms with Gasteiger partial charge in [-0.3, -0.25) is 4.79 Å². The number of hydrogen-bond donors (Lipinski definition) is 2. The molecule has 0 spiro atoms. The number of carbonyl (C=O) groups excluding carboxylic acids is 1. The minimum Gasteiger partial charge on any atom is -0.493 e. The van der Waals surface area contributed by atoms with Crippen LogP contribution in [0.15, 0.2) is 77.7 Å². The van der Waals surface area contributed by atoms with Crippen molar-refractivity contribution in [2.24, 2.45) is 11.7 Å². The third kappa shape index (κ3) is 7.77. The molecule has 3 aromatic rings. The molecule has 1 unspecified atom stereocenters. The molecular formula is C33H38ClF2N3O4S. The van der Waals surface area contributed by atoms with Gasteiger partial charge in [0.1, 0.15) is 5.75 Å². The number of benzene rings is 3. The van der Waals surface area contributed by atoms with Gasteiger partial charge in [0.05, 0.1) is 11.5 Å². The lowest BCUT2D eigenvalue weighted by atomic mass is 9.90. The second-order valence-electron chi connectivity index (χ2n) is 11.7. The molecule has 0 bridgehead atoms. The van der Waals surface area contributed by atoms with E-state index in [1.165, 1.54) is 72.7 Å². The van der Waals surface area contributed by atoms with Crippen molar-refractivity contribution in [3.05, 3.63) is 83.4 Å². The Bertz CT molecular complexity index is 1510. The molecule has 236 valence electrons. The Morgan fingerprint density at radius 1 is 0.909 bits per heavy atom. The Balaban J connectivity index is 1.37. The van der Waals surface area contributed by atoms with Crippen LogP contribution < -0.4 is 15.2 Å². The molecule has 11 heteroatoms. The van der Waals surface area contributed by atoms with Crippen LogP contribution in [0.4, 0.5) is 8.78 Å². The summed E-state index contributed by atoms with van der Waals surface area (Å²) in [5.74, 6) is -3.91. The van der Waals surface area contributed by atoms with Gasteiger partial charge in [0.25, 0.3) is 5.92 Å². The van der Waals surface area contributed by atoms with Crippen molar-refractivity contribution in [1.82, 2.24) is 9.62 Å². The number of alkyl halides is 2. The number of amides is 1. The molecule has 2 aliphatic rings. The number of sulfonamides is 1. The first-order valence-corrected chi connectivity index (χ1v) is 16.9. The predicted octanol–water partition coefficient (Wildman–Crippen LogP) is 6.35. The highest BCUT2D eigenvalue weighted by molar-refractivity contribution is 7.89. The summed E-state index contributed by atoms with van der Waals surface area (Å²) in [6, 6.07) is 15.5. The molecule has 0 radical (unpaired) electrons. The molecule has 1 aliphatic heterocycles. The van der Waals surface area contributed by atoms with Crippen LogP contribution >= 0.6 is 11.6 Å². The van der Waals surface area contributed by atoms with Crippen molar-refractivity contribution >= 4 is 27.5 Å². The van der Waals surface area contributed by atoms with E-state index in [4.69, 9.17) is 22.1 Å². The molecule has 1 saturated heterocycles. The first-order valence-electron chi connectivity index (χ1n) is 15.1. The number of piperidine rings is 1. The molecule has 2 fully saturated rings. The number of nitrogens with one attached hydrogen (secondary N) is 1. The van der Waals surface area contributed by atoms with Gasteiger partial charge in [-0.05, 0) is 79.1 Å². The fourth-order valence-electron chi connectivity index (χ4n) is 5.78. The molecule has 7 nitrogen and oxygen atoms in total. The Hall–Kier alpha value is -3.05. The van der Waals surface area contributed by atoms with Crippen LogP contribution in [-0.4, -0.2) is 51.0 Å². The summed E-state index contributed by atoms with van der Waals surface area (Å²) in [4.78, 5) is 14.6. The molecule has 5 rings (SSSR count). The lowest BCUT2D eigenvalue weighted by Crippen LogP contribution is -2.57. The molecule has 1 aliphatic carbocycles. The first kappa shape index (κ1) is 32.3. The highest BCUT2D eigenvalue weighted by Crippen LogP contribution is 2.36. The van der Waals surface area contributed by atoms with Gasteiger partial charge in [0.15, 0.2) is 6.04 Å². The normalized spacial score (nSPS) is 17.8. The molecule has 1 atom stereocenters. The van der Waals surface area contributed by atoms with Crippen LogP contribution in [0.25, 0.3) is 11.1 Å². The van der Waals surface area contributed by atoms with Crippen LogP contribution in [0.3, 0.4) is 0 Å². The van der Waals surface area contributed by atoms with E-state index in [2.05, 4.69) is 4.72 Å². The first-order chi connectivity index (χ1) is 21.0. The van der Waals surface area contributed by atoms with Gasteiger partial charge in [-0.15, -0.1) is 0 Å². The Kier molecular flexibility index (Phi) is 10.2. The zero-order chi connectivity index (χ0) is 31.3. The fraction of sp³-hybridized carbons (Fsp3) is 0.424. The van der Waals surface area contributed by atoms with Crippen LogP contribution in [0.1, 0.15) is 50.5 Å². The number of halogens is 3. The summed E-state index contributed by atoms with van der Waals surface area (Å²) in [7, 11) is -4.52. The largest absolute Gasteiger partial charge is 0.493 e. The average molecular weight is 646 g/mol. The van der Waals surface area contributed by atoms with E-state index in [-0.39, 0.29) is 24.0 Å². The van der Waals surface area contributed by atoms with Crippen LogP contribution in [-0.2, 0) is 20.7 Å². The van der Waals surface area contributed by atoms with Gasteiger partial charge >= 0.3 is 0 Å². The van der Waals surface area contributed by atoms with Crippen LogP contribution in [0.2, 0.25) is 5.02 Å². The van der Waals surface area contributed by atoms with Crippen molar-refractivity contribution in [3.8, 4) is 16.9 Å². The van der Waals surface area contributed by atoms with Crippen molar-refractivity contribution < 1.29 is 26.7 Å². The third-order valence-electron chi connectivity index (χ3n) is 8.53. The van der Waals surface area contributed by atoms with Crippen molar-refractivity contribution in [3.63, 3.8) is 0 Å². The van der Waals surface area contributed by atoms with E-state index < -0.39 is 33.5 Å². The number of carbonyl (C=O) groups is 1. The molecular weight excluding hydrogens is 608 g/mol. The number of nitrogens with two attached hydrogens (primary N) is 1. The summed E-state index contributed by atoms with van der Waals surface area (Å²) >= 11 is 5.96. The molecule has 3 aromatic carbocycles. The third-order valence-corrected chi connectivity index (χ3v) is 10.2. The number of rotatable bonds is 10. The molecule has 1 saturated carbocycles. The van der Waals surface area contributed by atoms with E-state index in [1.54, 1.807) is 24.3 Å². The zero-order valence-electron chi connectivity index (χ0n) is 24.4. The molecule has 0 aromatic heterocycles. The SMILES string of the molecule is NC1CCN(C(=O)C(NS(=O)(=O)c2ccc(OCC3CCCCC3)cc2)C(F)(F)c2ccc(-c3ccc(Cl)cc3)cc2)CC1.